The first-order valence-corrected chi connectivity index (χ1v) is 14.0. The Kier molecular flexibility index (Phi) is 4.42. The van der Waals surface area contributed by atoms with Crippen molar-refractivity contribution in [3.05, 3.63) is 146 Å². The molecule has 0 heteroatoms. The van der Waals surface area contributed by atoms with Crippen LogP contribution < -0.4 is 0 Å². The third-order valence-electron chi connectivity index (χ3n) is 8.77. The molecule has 9 aromatic carbocycles. The van der Waals surface area contributed by atoms with Gasteiger partial charge in [0.2, 0.25) is 0 Å². The predicted molar refractivity (Wildman–Crippen MR) is 174 cm³/mol. The lowest BCUT2D eigenvalue weighted by atomic mass is 9.83. The van der Waals surface area contributed by atoms with Crippen LogP contribution in [0.4, 0.5) is 0 Å². The number of rotatable bonds is 2. The Balaban J connectivity index is 1.44. The Hall–Kier alpha value is -5.20. The fraction of sp³-hybridized carbons (Fsp3) is 0. The van der Waals surface area contributed by atoms with Crippen molar-refractivity contribution in [1.29, 1.82) is 0 Å². The van der Waals surface area contributed by atoms with Gasteiger partial charge in [0.25, 0.3) is 0 Å². The molecule has 0 radical (unpaired) electrons. The standard InChI is InChI=1S/C40H24/c1-2-10-25(11-3-1)29-17-8-14-27-24-28(22-23-30(27)29)38-31-15-4-5-16-33(31)39-35-20-7-13-26-12-6-18-32(37(26)35)34-19-9-21-36(38)40(34)39/h1-24H. The molecule has 0 atom stereocenters. The molecule has 0 fully saturated rings. The van der Waals surface area contributed by atoms with Gasteiger partial charge in [-0.1, -0.05) is 140 Å². The summed E-state index contributed by atoms with van der Waals surface area (Å²) in [7, 11) is 0. The van der Waals surface area contributed by atoms with Gasteiger partial charge in [-0.15, -0.1) is 0 Å². The summed E-state index contributed by atoms with van der Waals surface area (Å²) in [6, 6.07) is 53.7. The number of fused-ring (bicyclic) bond motifs is 5. The fourth-order valence-corrected chi connectivity index (χ4v) is 7.13. The highest BCUT2D eigenvalue weighted by Crippen LogP contribution is 2.48. The quantitative estimate of drug-likeness (QED) is 0.162. The SMILES string of the molecule is c1ccc(-c2cccc3cc(-c4c5ccccc5c5c6cccc7cccc(c8cccc4c85)c76)ccc23)cc1. The van der Waals surface area contributed by atoms with Crippen molar-refractivity contribution in [3.63, 3.8) is 0 Å². The number of hydrogen-bond donors (Lipinski definition) is 0. The van der Waals surface area contributed by atoms with E-state index < -0.39 is 0 Å². The van der Waals surface area contributed by atoms with Crippen LogP contribution in [0, 0.1) is 0 Å². The topological polar surface area (TPSA) is 0 Å². The maximum atomic E-state index is 2.38. The van der Waals surface area contributed by atoms with Crippen LogP contribution in [-0.2, 0) is 0 Å². The smallest absolute Gasteiger partial charge is 0.00137 e. The van der Waals surface area contributed by atoms with E-state index in [2.05, 4.69) is 146 Å². The minimum atomic E-state index is 1.25. The first kappa shape index (κ1) is 21.7. The first-order valence-electron chi connectivity index (χ1n) is 14.0. The molecular formula is C40H24. The Morgan fingerprint density at radius 3 is 1.70 bits per heavy atom. The second kappa shape index (κ2) is 8.15. The van der Waals surface area contributed by atoms with E-state index in [0.29, 0.717) is 0 Å². The summed E-state index contributed by atoms with van der Waals surface area (Å²) in [5.41, 5.74) is 5.10. The fourth-order valence-electron chi connectivity index (χ4n) is 7.13. The second-order valence-electron chi connectivity index (χ2n) is 10.8. The summed E-state index contributed by atoms with van der Waals surface area (Å²) in [4.78, 5) is 0. The van der Waals surface area contributed by atoms with Crippen LogP contribution in [0.5, 0.6) is 0 Å². The molecule has 9 aromatic rings. The molecule has 0 amide bonds. The highest BCUT2D eigenvalue weighted by molar-refractivity contribution is 6.40. The molecule has 0 aromatic heterocycles. The van der Waals surface area contributed by atoms with Gasteiger partial charge in [-0.2, -0.15) is 0 Å². The molecule has 0 saturated carbocycles. The van der Waals surface area contributed by atoms with E-state index in [1.807, 2.05) is 0 Å². The van der Waals surface area contributed by atoms with Crippen molar-refractivity contribution in [2.75, 3.05) is 0 Å². The number of hydrogen-bond acceptors (Lipinski definition) is 0. The molecule has 0 nitrogen and oxygen atoms in total. The lowest BCUT2D eigenvalue weighted by Crippen LogP contribution is -1.92. The lowest BCUT2D eigenvalue weighted by molar-refractivity contribution is 1.65. The summed E-state index contributed by atoms with van der Waals surface area (Å²) >= 11 is 0. The van der Waals surface area contributed by atoms with Gasteiger partial charge in [0.1, 0.15) is 0 Å². The van der Waals surface area contributed by atoms with Gasteiger partial charge < -0.3 is 0 Å². The van der Waals surface area contributed by atoms with Crippen molar-refractivity contribution in [1.82, 2.24) is 0 Å². The van der Waals surface area contributed by atoms with Crippen LogP contribution in [0.2, 0.25) is 0 Å². The molecule has 184 valence electrons. The van der Waals surface area contributed by atoms with Gasteiger partial charge in [-0.25, -0.2) is 0 Å². The van der Waals surface area contributed by atoms with Crippen LogP contribution >= 0.6 is 0 Å². The Labute approximate surface area is 232 Å². The highest BCUT2D eigenvalue weighted by atomic mass is 14.2. The Morgan fingerprint density at radius 2 is 0.850 bits per heavy atom. The molecule has 9 rings (SSSR count). The molecule has 0 bridgehead atoms. The van der Waals surface area contributed by atoms with Crippen molar-refractivity contribution in [2.24, 2.45) is 0 Å². The van der Waals surface area contributed by atoms with E-state index in [1.165, 1.54) is 86.9 Å². The molecule has 0 unspecified atom stereocenters. The third-order valence-corrected chi connectivity index (χ3v) is 8.77. The molecule has 0 saturated heterocycles. The normalized spacial score (nSPS) is 12.0. The van der Waals surface area contributed by atoms with Crippen molar-refractivity contribution < 1.29 is 0 Å². The van der Waals surface area contributed by atoms with Crippen LogP contribution in [0.3, 0.4) is 0 Å². The van der Waals surface area contributed by atoms with Crippen molar-refractivity contribution >= 4 is 64.6 Å². The van der Waals surface area contributed by atoms with Crippen LogP contribution in [0.15, 0.2) is 146 Å². The Morgan fingerprint density at radius 1 is 0.275 bits per heavy atom. The van der Waals surface area contributed by atoms with Crippen molar-refractivity contribution in [3.8, 4) is 22.3 Å². The Bertz CT molecular complexity index is 2410. The zero-order chi connectivity index (χ0) is 26.2. The average molecular weight is 505 g/mol. The summed E-state index contributed by atoms with van der Waals surface area (Å²) < 4.78 is 0. The van der Waals surface area contributed by atoms with Gasteiger partial charge >= 0.3 is 0 Å². The molecule has 0 aliphatic rings. The highest BCUT2D eigenvalue weighted by Gasteiger charge is 2.19. The van der Waals surface area contributed by atoms with Gasteiger partial charge in [-0.3, -0.25) is 0 Å². The van der Waals surface area contributed by atoms with Gasteiger partial charge in [0.05, 0.1) is 0 Å². The van der Waals surface area contributed by atoms with Gasteiger partial charge in [-0.05, 0) is 93.0 Å². The second-order valence-corrected chi connectivity index (χ2v) is 10.8. The van der Waals surface area contributed by atoms with Crippen LogP contribution in [0.25, 0.3) is 86.9 Å². The first-order chi connectivity index (χ1) is 19.9. The summed E-state index contributed by atoms with van der Waals surface area (Å²) in [5, 5.41) is 15.9. The van der Waals surface area contributed by atoms with E-state index in [1.54, 1.807) is 0 Å². The molecule has 0 aliphatic carbocycles. The monoisotopic (exact) mass is 504 g/mol. The summed E-state index contributed by atoms with van der Waals surface area (Å²) in [6.45, 7) is 0. The van der Waals surface area contributed by atoms with Crippen molar-refractivity contribution in [2.45, 2.75) is 0 Å². The van der Waals surface area contributed by atoms with Gasteiger partial charge in [0.15, 0.2) is 0 Å². The third kappa shape index (κ3) is 2.91. The average Bonchev–Trinajstić information content (AvgIpc) is 3.02. The van der Waals surface area contributed by atoms with E-state index in [0.717, 1.165) is 0 Å². The molecule has 40 heavy (non-hydrogen) atoms. The zero-order valence-electron chi connectivity index (χ0n) is 21.9. The summed E-state index contributed by atoms with van der Waals surface area (Å²) in [5.74, 6) is 0. The molecular weight excluding hydrogens is 480 g/mol. The zero-order valence-corrected chi connectivity index (χ0v) is 21.9. The number of benzene rings is 9. The lowest BCUT2D eigenvalue weighted by Gasteiger charge is -2.20. The van der Waals surface area contributed by atoms with E-state index in [4.69, 9.17) is 0 Å². The maximum absolute atomic E-state index is 2.38. The maximum Gasteiger partial charge on any atom is -0.00137 e. The summed E-state index contributed by atoms with van der Waals surface area (Å²) in [6.07, 6.45) is 0. The van der Waals surface area contributed by atoms with Gasteiger partial charge in [0, 0.05) is 0 Å². The molecule has 0 spiro atoms. The minimum Gasteiger partial charge on any atom is -0.0622 e. The van der Waals surface area contributed by atoms with E-state index >= 15 is 0 Å². The largest absolute Gasteiger partial charge is 0.0622 e. The van der Waals surface area contributed by atoms with Crippen LogP contribution in [-0.4, -0.2) is 0 Å². The molecule has 0 aliphatic heterocycles. The van der Waals surface area contributed by atoms with Crippen LogP contribution in [0.1, 0.15) is 0 Å². The molecule has 0 N–H and O–H groups in total. The minimum absolute atomic E-state index is 1.25. The van der Waals surface area contributed by atoms with E-state index in [-0.39, 0.29) is 0 Å². The molecule has 0 heterocycles. The van der Waals surface area contributed by atoms with E-state index in [9.17, 15) is 0 Å². The predicted octanol–water partition coefficient (Wildman–Crippen LogP) is 11.4.